The number of ether oxygens (including phenoxy) is 1. The summed E-state index contributed by atoms with van der Waals surface area (Å²) < 4.78 is 5.60. The maximum Gasteiger partial charge on any atom is 0.238 e. The van der Waals surface area contributed by atoms with Crippen LogP contribution >= 0.6 is 0 Å². The summed E-state index contributed by atoms with van der Waals surface area (Å²) in [7, 11) is 1.63. The molecule has 24 heavy (non-hydrogen) atoms. The third-order valence-corrected chi connectivity index (χ3v) is 4.82. The Balaban J connectivity index is 1.89. The summed E-state index contributed by atoms with van der Waals surface area (Å²) in [6, 6.07) is 3.88. The SMILES string of the molecule is CNC(=O)Cc1c(C)ccc2c1C[C@H]1[C@H](CNC(C)=O)OC(O)N21. The molecule has 0 bridgehead atoms. The van der Waals surface area contributed by atoms with E-state index in [2.05, 4.69) is 10.6 Å². The maximum atomic E-state index is 11.8. The number of amides is 2. The first kappa shape index (κ1) is 16.7. The van der Waals surface area contributed by atoms with Crippen LogP contribution in [0.3, 0.4) is 0 Å². The summed E-state index contributed by atoms with van der Waals surface area (Å²) in [5, 5.41) is 15.7. The van der Waals surface area contributed by atoms with Crippen LogP contribution in [0.25, 0.3) is 0 Å². The summed E-state index contributed by atoms with van der Waals surface area (Å²) in [4.78, 5) is 24.8. The first-order valence-corrected chi connectivity index (χ1v) is 8.10. The van der Waals surface area contributed by atoms with Crippen LogP contribution < -0.4 is 15.5 Å². The molecule has 2 aliphatic heterocycles. The number of aliphatic hydroxyl groups excluding tert-OH is 1. The lowest BCUT2D eigenvalue weighted by molar-refractivity contribution is -0.121. The summed E-state index contributed by atoms with van der Waals surface area (Å²) in [6.45, 7) is 3.80. The Morgan fingerprint density at radius 2 is 2.17 bits per heavy atom. The first-order chi connectivity index (χ1) is 11.4. The van der Waals surface area contributed by atoms with Crippen LogP contribution in [0, 0.1) is 6.92 Å². The summed E-state index contributed by atoms with van der Waals surface area (Å²) in [5.41, 5.74) is 4.06. The van der Waals surface area contributed by atoms with Crippen LogP contribution in [0.1, 0.15) is 23.6 Å². The Bertz CT molecular complexity index is 676. The second-order valence-corrected chi connectivity index (χ2v) is 6.33. The van der Waals surface area contributed by atoms with Gasteiger partial charge in [0.05, 0.1) is 12.5 Å². The molecule has 7 heteroatoms. The van der Waals surface area contributed by atoms with Crippen molar-refractivity contribution >= 4 is 17.5 Å². The van der Waals surface area contributed by atoms with Crippen LogP contribution in [0.15, 0.2) is 12.1 Å². The molecule has 1 saturated heterocycles. The molecule has 0 radical (unpaired) electrons. The van der Waals surface area contributed by atoms with Gasteiger partial charge in [0, 0.05) is 26.2 Å². The Kier molecular flexibility index (Phi) is 4.47. The van der Waals surface area contributed by atoms with E-state index in [1.165, 1.54) is 6.92 Å². The predicted octanol–water partition coefficient (Wildman–Crippen LogP) is -0.175. The number of benzene rings is 1. The molecule has 2 amide bonds. The normalized spacial score (nSPS) is 24.5. The van der Waals surface area contributed by atoms with Crippen molar-refractivity contribution in [1.29, 1.82) is 0 Å². The van der Waals surface area contributed by atoms with E-state index in [-0.39, 0.29) is 24.0 Å². The van der Waals surface area contributed by atoms with Gasteiger partial charge in [-0.15, -0.1) is 0 Å². The molecule has 3 N–H and O–H groups in total. The highest BCUT2D eigenvalue weighted by atomic mass is 16.6. The van der Waals surface area contributed by atoms with Gasteiger partial charge in [-0.25, -0.2) is 0 Å². The zero-order chi connectivity index (χ0) is 17.4. The van der Waals surface area contributed by atoms with E-state index in [4.69, 9.17) is 4.74 Å². The fourth-order valence-electron chi connectivity index (χ4n) is 3.58. The highest BCUT2D eigenvalue weighted by molar-refractivity contribution is 5.80. The fourth-order valence-corrected chi connectivity index (χ4v) is 3.58. The number of aliphatic hydroxyl groups is 1. The van der Waals surface area contributed by atoms with E-state index in [0.29, 0.717) is 19.4 Å². The third-order valence-electron chi connectivity index (χ3n) is 4.82. The number of hydrogen-bond donors (Lipinski definition) is 3. The van der Waals surface area contributed by atoms with Crippen molar-refractivity contribution in [3.05, 3.63) is 28.8 Å². The highest BCUT2D eigenvalue weighted by Crippen LogP contribution is 2.42. The number of nitrogens with one attached hydrogen (secondary N) is 2. The molecule has 2 aliphatic rings. The summed E-state index contributed by atoms with van der Waals surface area (Å²) in [5.74, 6) is -0.164. The fraction of sp³-hybridized carbons (Fsp3) is 0.529. The lowest BCUT2D eigenvalue weighted by Gasteiger charge is -2.21. The van der Waals surface area contributed by atoms with Gasteiger partial charge in [-0.2, -0.15) is 0 Å². The van der Waals surface area contributed by atoms with Gasteiger partial charge in [0.2, 0.25) is 18.2 Å². The molecule has 1 fully saturated rings. The molecule has 0 aliphatic carbocycles. The van der Waals surface area contributed by atoms with Gasteiger partial charge in [-0.1, -0.05) is 6.07 Å². The molecule has 0 saturated carbocycles. The number of carbonyl (C=O) groups excluding carboxylic acids is 2. The molecule has 0 aromatic heterocycles. The van der Waals surface area contributed by atoms with E-state index in [1.807, 2.05) is 24.0 Å². The average molecular weight is 333 g/mol. The molecule has 2 heterocycles. The van der Waals surface area contributed by atoms with Crippen molar-refractivity contribution in [3.63, 3.8) is 0 Å². The largest absolute Gasteiger partial charge is 0.359 e. The predicted molar refractivity (Wildman–Crippen MR) is 88.5 cm³/mol. The van der Waals surface area contributed by atoms with Crippen molar-refractivity contribution in [1.82, 2.24) is 10.6 Å². The van der Waals surface area contributed by atoms with Crippen LogP contribution in [0.4, 0.5) is 5.69 Å². The average Bonchev–Trinajstić information content (AvgIpc) is 3.06. The molecule has 1 aromatic carbocycles. The molecule has 1 unspecified atom stereocenters. The molecular formula is C17H23N3O4. The number of carbonyl (C=O) groups is 2. The molecule has 3 atom stereocenters. The molecule has 130 valence electrons. The molecule has 7 nitrogen and oxygen atoms in total. The van der Waals surface area contributed by atoms with Crippen molar-refractivity contribution in [3.8, 4) is 0 Å². The van der Waals surface area contributed by atoms with Gasteiger partial charge in [-0.3, -0.25) is 9.59 Å². The summed E-state index contributed by atoms with van der Waals surface area (Å²) in [6.07, 6.45) is -0.320. The standard InChI is InChI=1S/C17H23N3O4/c1-9-4-5-13-12(11(9)7-16(22)18-3)6-14-15(8-19-10(2)21)24-17(23)20(13)14/h4-5,14-15,17,23H,6-8H2,1-3H3,(H,18,22)(H,19,21)/t14-,15-,17?/m0/s1. The van der Waals surface area contributed by atoms with Gasteiger partial charge in [0.15, 0.2) is 0 Å². The van der Waals surface area contributed by atoms with E-state index in [0.717, 1.165) is 22.4 Å². The number of rotatable bonds is 4. The van der Waals surface area contributed by atoms with Crippen LogP contribution in [-0.2, 0) is 27.2 Å². The lowest BCUT2D eigenvalue weighted by atomic mass is 9.94. The van der Waals surface area contributed by atoms with Crippen molar-refractivity contribution in [2.24, 2.45) is 0 Å². The van der Waals surface area contributed by atoms with E-state index >= 15 is 0 Å². The number of anilines is 1. The van der Waals surface area contributed by atoms with Gasteiger partial charge in [0.1, 0.15) is 6.10 Å². The minimum Gasteiger partial charge on any atom is -0.359 e. The van der Waals surface area contributed by atoms with E-state index in [9.17, 15) is 14.7 Å². The van der Waals surface area contributed by atoms with Crippen molar-refractivity contribution < 1.29 is 19.4 Å². The summed E-state index contributed by atoms with van der Waals surface area (Å²) >= 11 is 0. The van der Waals surface area contributed by atoms with E-state index < -0.39 is 6.41 Å². The topological polar surface area (TPSA) is 90.9 Å². The third kappa shape index (κ3) is 2.85. The molecular weight excluding hydrogens is 310 g/mol. The molecule has 3 rings (SSSR count). The zero-order valence-corrected chi connectivity index (χ0v) is 14.1. The second kappa shape index (κ2) is 6.41. The Morgan fingerprint density at radius 3 is 2.83 bits per heavy atom. The van der Waals surface area contributed by atoms with Gasteiger partial charge in [0.25, 0.3) is 0 Å². The quantitative estimate of drug-likeness (QED) is 0.711. The van der Waals surface area contributed by atoms with Crippen molar-refractivity contribution in [2.75, 3.05) is 18.5 Å². The van der Waals surface area contributed by atoms with E-state index in [1.54, 1.807) is 7.05 Å². The molecule has 1 aromatic rings. The number of aryl methyl sites for hydroxylation is 1. The first-order valence-electron chi connectivity index (χ1n) is 8.10. The van der Waals surface area contributed by atoms with Crippen LogP contribution in [0.2, 0.25) is 0 Å². The number of likely N-dealkylation sites (N-methyl/N-ethyl adjacent to an activating group) is 1. The number of nitrogens with zero attached hydrogens (tertiary/aromatic N) is 1. The van der Waals surface area contributed by atoms with Gasteiger partial charge >= 0.3 is 0 Å². The van der Waals surface area contributed by atoms with Gasteiger partial charge < -0.3 is 25.4 Å². The van der Waals surface area contributed by atoms with Crippen LogP contribution in [-0.4, -0.2) is 49.1 Å². The Hall–Kier alpha value is -2.12. The molecule has 0 spiro atoms. The monoisotopic (exact) mass is 333 g/mol. The minimum atomic E-state index is -1.04. The maximum absolute atomic E-state index is 11.8. The van der Waals surface area contributed by atoms with Gasteiger partial charge in [-0.05, 0) is 36.1 Å². The lowest BCUT2D eigenvalue weighted by Crippen LogP contribution is -2.40. The second-order valence-electron chi connectivity index (χ2n) is 6.33. The zero-order valence-electron chi connectivity index (χ0n) is 14.1. The smallest absolute Gasteiger partial charge is 0.238 e. The number of hydrogen-bond acceptors (Lipinski definition) is 5. The Labute approximate surface area is 141 Å². The van der Waals surface area contributed by atoms with Crippen LogP contribution in [0.5, 0.6) is 0 Å². The Morgan fingerprint density at radius 1 is 1.42 bits per heavy atom. The number of fused-ring (bicyclic) bond motifs is 3. The highest BCUT2D eigenvalue weighted by Gasteiger charge is 2.47. The van der Waals surface area contributed by atoms with Crippen molar-refractivity contribution in [2.45, 2.75) is 45.2 Å². The minimum absolute atomic E-state index is 0.0369.